The summed E-state index contributed by atoms with van der Waals surface area (Å²) < 4.78 is 0. The SMILES string of the molecule is CC(C)c1ccc(CCNC(=O)CSc2nc(N)cc(N)n2)cc1. The number of nitrogens with two attached hydrogens (primary N) is 2. The van der Waals surface area contributed by atoms with Crippen molar-refractivity contribution in [2.45, 2.75) is 31.3 Å². The van der Waals surface area contributed by atoms with Crippen molar-refractivity contribution in [2.75, 3.05) is 23.8 Å². The number of benzene rings is 1. The van der Waals surface area contributed by atoms with Gasteiger partial charge in [0.25, 0.3) is 0 Å². The largest absolute Gasteiger partial charge is 0.383 e. The molecule has 2 aromatic rings. The fraction of sp³-hybridized carbons (Fsp3) is 0.353. The maximum absolute atomic E-state index is 11.9. The van der Waals surface area contributed by atoms with E-state index in [0.29, 0.717) is 29.3 Å². The summed E-state index contributed by atoms with van der Waals surface area (Å²) in [5.41, 5.74) is 13.7. The monoisotopic (exact) mass is 345 g/mol. The number of nitrogen functional groups attached to an aromatic ring is 2. The van der Waals surface area contributed by atoms with E-state index in [9.17, 15) is 4.79 Å². The van der Waals surface area contributed by atoms with Crippen LogP contribution in [0.2, 0.25) is 0 Å². The van der Waals surface area contributed by atoms with Crippen LogP contribution in [0.4, 0.5) is 11.6 Å². The van der Waals surface area contributed by atoms with Crippen molar-refractivity contribution in [2.24, 2.45) is 0 Å². The van der Waals surface area contributed by atoms with Gasteiger partial charge in [-0.05, 0) is 23.5 Å². The first-order valence-electron chi connectivity index (χ1n) is 7.82. The van der Waals surface area contributed by atoms with E-state index in [4.69, 9.17) is 11.5 Å². The van der Waals surface area contributed by atoms with Crippen molar-refractivity contribution >= 4 is 29.3 Å². The maximum Gasteiger partial charge on any atom is 0.230 e. The van der Waals surface area contributed by atoms with Crippen LogP contribution in [0.3, 0.4) is 0 Å². The topological polar surface area (TPSA) is 107 Å². The molecule has 6 nitrogen and oxygen atoms in total. The average Bonchev–Trinajstić information content (AvgIpc) is 2.52. The molecule has 0 atom stereocenters. The van der Waals surface area contributed by atoms with Gasteiger partial charge in [-0.1, -0.05) is 49.9 Å². The Hall–Kier alpha value is -2.28. The minimum absolute atomic E-state index is 0.0663. The van der Waals surface area contributed by atoms with Crippen LogP contribution in [0.5, 0.6) is 0 Å². The normalized spacial score (nSPS) is 10.8. The summed E-state index contributed by atoms with van der Waals surface area (Å²) in [6, 6.07) is 9.98. The van der Waals surface area contributed by atoms with Gasteiger partial charge in [0.1, 0.15) is 11.6 Å². The predicted molar refractivity (Wildman–Crippen MR) is 98.8 cm³/mol. The molecule has 1 heterocycles. The molecule has 24 heavy (non-hydrogen) atoms. The van der Waals surface area contributed by atoms with Gasteiger partial charge in [-0.2, -0.15) is 0 Å². The molecular weight excluding hydrogens is 322 g/mol. The molecule has 128 valence electrons. The maximum atomic E-state index is 11.9. The van der Waals surface area contributed by atoms with E-state index in [1.54, 1.807) is 0 Å². The van der Waals surface area contributed by atoms with Gasteiger partial charge in [-0.25, -0.2) is 9.97 Å². The Bertz CT molecular complexity index is 668. The van der Waals surface area contributed by atoms with Gasteiger partial charge in [0.15, 0.2) is 5.16 Å². The number of amides is 1. The molecule has 0 bridgehead atoms. The molecular formula is C17H23N5OS. The second kappa shape index (κ2) is 8.54. The van der Waals surface area contributed by atoms with E-state index in [1.165, 1.54) is 29.0 Å². The molecule has 1 aromatic carbocycles. The van der Waals surface area contributed by atoms with Gasteiger partial charge in [-0.15, -0.1) is 0 Å². The predicted octanol–water partition coefficient (Wildman–Crippen LogP) is 2.22. The number of thioether (sulfide) groups is 1. The van der Waals surface area contributed by atoms with Crippen LogP contribution < -0.4 is 16.8 Å². The molecule has 7 heteroatoms. The first-order valence-corrected chi connectivity index (χ1v) is 8.81. The second-order valence-electron chi connectivity index (χ2n) is 5.79. The van der Waals surface area contributed by atoms with Crippen molar-refractivity contribution < 1.29 is 4.79 Å². The lowest BCUT2D eigenvalue weighted by Gasteiger charge is -2.08. The van der Waals surface area contributed by atoms with Crippen LogP contribution in [-0.2, 0) is 11.2 Å². The summed E-state index contributed by atoms with van der Waals surface area (Å²) in [4.78, 5) is 19.9. The Labute approximate surface area is 146 Å². The number of aromatic nitrogens is 2. The van der Waals surface area contributed by atoms with Crippen molar-refractivity contribution in [1.29, 1.82) is 0 Å². The summed E-state index contributed by atoms with van der Waals surface area (Å²) >= 11 is 1.21. The lowest BCUT2D eigenvalue weighted by atomic mass is 10.0. The van der Waals surface area contributed by atoms with Gasteiger partial charge in [0.2, 0.25) is 5.91 Å². The van der Waals surface area contributed by atoms with E-state index in [2.05, 4.69) is 53.4 Å². The van der Waals surface area contributed by atoms with Gasteiger partial charge < -0.3 is 16.8 Å². The minimum Gasteiger partial charge on any atom is -0.383 e. The number of hydrogen-bond acceptors (Lipinski definition) is 6. The smallest absolute Gasteiger partial charge is 0.230 e. The molecule has 1 amide bonds. The van der Waals surface area contributed by atoms with Crippen molar-refractivity contribution in [1.82, 2.24) is 15.3 Å². The fourth-order valence-electron chi connectivity index (χ4n) is 2.12. The highest BCUT2D eigenvalue weighted by molar-refractivity contribution is 7.99. The Balaban J connectivity index is 1.73. The molecule has 0 spiro atoms. The number of carbonyl (C=O) groups is 1. The molecule has 1 aromatic heterocycles. The number of carbonyl (C=O) groups excluding carboxylic acids is 1. The zero-order chi connectivity index (χ0) is 17.5. The number of nitrogens with one attached hydrogen (secondary N) is 1. The number of anilines is 2. The average molecular weight is 345 g/mol. The molecule has 0 radical (unpaired) electrons. The van der Waals surface area contributed by atoms with Crippen molar-refractivity contribution in [3.05, 3.63) is 41.5 Å². The summed E-state index contributed by atoms with van der Waals surface area (Å²) in [7, 11) is 0. The molecule has 0 aliphatic rings. The van der Waals surface area contributed by atoms with Crippen LogP contribution in [0.1, 0.15) is 30.9 Å². The quantitative estimate of drug-likeness (QED) is 0.525. The second-order valence-corrected chi connectivity index (χ2v) is 6.73. The molecule has 0 saturated heterocycles. The lowest BCUT2D eigenvalue weighted by Crippen LogP contribution is -2.27. The third-order valence-electron chi connectivity index (χ3n) is 3.46. The van der Waals surface area contributed by atoms with Gasteiger partial charge in [-0.3, -0.25) is 4.79 Å². The van der Waals surface area contributed by atoms with E-state index in [1.807, 2.05) is 0 Å². The van der Waals surface area contributed by atoms with Gasteiger partial charge >= 0.3 is 0 Å². The lowest BCUT2D eigenvalue weighted by molar-refractivity contribution is -0.118. The van der Waals surface area contributed by atoms with Crippen LogP contribution in [0.25, 0.3) is 0 Å². The Morgan fingerprint density at radius 3 is 2.38 bits per heavy atom. The molecule has 0 unspecified atom stereocenters. The minimum atomic E-state index is -0.0663. The third kappa shape index (κ3) is 5.73. The Morgan fingerprint density at radius 1 is 1.17 bits per heavy atom. The summed E-state index contributed by atoms with van der Waals surface area (Å²) in [6.07, 6.45) is 0.802. The molecule has 0 fully saturated rings. The standard InChI is InChI=1S/C17H23N5OS/c1-11(2)13-5-3-12(4-6-13)7-8-20-16(23)10-24-17-21-14(18)9-15(19)22-17/h3-6,9,11H,7-8,10H2,1-2H3,(H,20,23)(H4,18,19,21,22). The van der Waals surface area contributed by atoms with Gasteiger partial charge in [0, 0.05) is 12.6 Å². The first kappa shape index (κ1) is 18.1. The molecule has 0 saturated carbocycles. The van der Waals surface area contributed by atoms with Crippen molar-refractivity contribution in [3.8, 4) is 0 Å². The van der Waals surface area contributed by atoms with Crippen molar-refractivity contribution in [3.63, 3.8) is 0 Å². The summed E-state index contributed by atoms with van der Waals surface area (Å²) in [5, 5.41) is 3.30. The van der Waals surface area contributed by atoms with Gasteiger partial charge in [0.05, 0.1) is 5.75 Å². The summed E-state index contributed by atoms with van der Waals surface area (Å²) in [5.74, 6) is 1.29. The third-order valence-corrected chi connectivity index (χ3v) is 4.31. The zero-order valence-corrected chi connectivity index (χ0v) is 14.8. The Morgan fingerprint density at radius 2 is 1.79 bits per heavy atom. The van der Waals surface area contributed by atoms with Crippen LogP contribution >= 0.6 is 11.8 Å². The zero-order valence-electron chi connectivity index (χ0n) is 14.0. The molecule has 2 rings (SSSR count). The van der Waals surface area contributed by atoms with Crippen LogP contribution in [0, 0.1) is 0 Å². The molecule has 5 N–H and O–H groups in total. The van der Waals surface area contributed by atoms with Crippen LogP contribution in [0.15, 0.2) is 35.5 Å². The van der Waals surface area contributed by atoms with E-state index in [0.717, 1.165) is 6.42 Å². The van der Waals surface area contributed by atoms with Crippen LogP contribution in [-0.4, -0.2) is 28.2 Å². The number of nitrogens with zero attached hydrogens (tertiary/aromatic N) is 2. The van der Waals surface area contributed by atoms with E-state index < -0.39 is 0 Å². The highest BCUT2D eigenvalue weighted by atomic mass is 32.2. The highest BCUT2D eigenvalue weighted by Crippen LogP contribution is 2.16. The highest BCUT2D eigenvalue weighted by Gasteiger charge is 2.06. The molecule has 0 aliphatic carbocycles. The first-order chi connectivity index (χ1) is 11.4. The number of hydrogen-bond donors (Lipinski definition) is 3. The number of rotatable bonds is 7. The fourth-order valence-corrected chi connectivity index (χ4v) is 2.83. The molecule has 0 aliphatic heterocycles. The Kier molecular flexibility index (Phi) is 6.43. The van der Waals surface area contributed by atoms with E-state index >= 15 is 0 Å². The summed E-state index contributed by atoms with van der Waals surface area (Å²) in [6.45, 7) is 4.94. The van der Waals surface area contributed by atoms with E-state index in [-0.39, 0.29) is 11.7 Å².